The van der Waals surface area contributed by atoms with E-state index in [1.165, 1.54) is 57.8 Å². The van der Waals surface area contributed by atoms with Crippen LogP contribution in [0.15, 0.2) is 30.3 Å². The lowest BCUT2D eigenvalue weighted by molar-refractivity contribution is -0.0128. The van der Waals surface area contributed by atoms with Crippen molar-refractivity contribution >= 4 is 5.97 Å². The molecule has 198 valence electrons. The van der Waals surface area contributed by atoms with Crippen LogP contribution in [0.4, 0.5) is 0 Å². The summed E-state index contributed by atoms with van der Waals surface area (Å²) in [5.41, 5.74) is 0.550. The standard InChI is InChI=1S/C30H48O5/c1-2-3-4-5-6-7-8-9-10-11-12-16-23-29(28(32)22-19-24-31)34-25-17-18-26-35-30(33)27-20-14-13-15-21-27/h13-15,20-21,28-29,31-32H,2-12,17-19,22,24-26H2,1H3. The molecule has 0 bridgehead atoms. The Labute approximate surface area is 213 Å². The van der Waals surface area contributed by atoms with Gasteiger partial charge in [0.15, 0.2) is 0 Å². The van der Waals surface area contributed by atoms with Crippen molar-refractivity contribution < 1.29 is 24.5 Å². The summed E-state index contributed by atoms with van der Waals surface area (Å²) in [5.74, 6) is 5.97. The summed E-state index contributed by atoms with van der Waals surface area (Å²) >= 11 is 0. The van der Waals surface area contributed by atoms with Gasteiger partial charge in [0.2, 0.25) is 0 Å². The van der Waals surface area contributed by atoms with Gasteiger partial charge in [-0.25, -0.2) is 4.79 Å². The monoisotopic (exact) mass is 488 g/mol. The fraction of sp³-hybridized carbons (Fsp3) is 0.700. The maximum absolute atomic E-state index is 11.9. The third-order valence-electron chi connectivity index (χ3n) is 5.99. The highest BCUT2D eigenvalue weighted by Crippen LogP contribution is 2.12. The van der Waals surface area contributed by atoms with Gasteiger partial charge in [0.25, 0.3) is 0 Å². The number of carbonyl (C=O) groups is 1. The molecule has 2 unspecified atom stereocenters. The average molecular weight is 489 g/mol. The predicted molar refractivity (Wildman–Crippen MR) is 142 cm³/mol. The molecule has 0 amide bonds. The van der Waals surface area contributed by atoms with Crippen molar-refractivity contribution in [3.05, 3.63) is 35.9 Å². The van der Waals surface area contributed by atoms with Gasteiger partial charge in [0.05, 0.1) is 18.3 Å². The van der Waals surface area contributed by atoms with E-state index in [4.69, 9.17) is 14.6 Å². The molecule has 2 N–H and O–H groups in total. The molecule has 0 heterocycles. The van der Waals surface area contributed by atoms with Gasteiger partial charge in [-0.3, -0.25) is 0 Å². The Balaban J connectivity index is 2.20. The van der Waals surface area contributed by atoms with E-state index >= 15 is 0 Å². The zero-order valence-corrected chi connectivity index (χ0v) is 21.9. The smallest absolute Gasteiger partial charge is 0.338 e. The van der Waals surface area contributed by atoms with E-state index in [2.05, 4.69) is 18.8 Å². The molecule has 2 atom stereocenters. The van der Waals surface area contributed by atoms with Crippen LogP contribution in [0, 0.1) is 11.8 Å². The van der Waals surface area contributed by atoms with Crippen LogP contribution in [0.1, 0.15) is 114 Å². The molecular weight excluding hydrogens is 440 g/mol. The van der Waals surface area contributed by atoms with Gasteiger partial charge in [0.1, 0.15) is 6.10 Å². The SMILES string of the molecule is CCCCCCCCCCCCC#CC(OCCCCOC(=O)c1ccccc1)C(O)CCCO. The Kier molecular flexibility index (Phi) is 20.1. The number of ether oxygens (including phenoxy) is 2. The highest BCUT2D eigenvalue weighted by molar-refractivity contribution is 5.89. The Bertz CT molecular complexity index is 679. The van der Waals surface area contributed by atoms with Crippen LogP contribution in [-0.4, -0.2) is 48.2 Å². The van der Waals surface area contributed by atoms with Gasteiger partial charge in [0, 0.05) is 19.6 Å². The Morgan fingerprint density at radius 1 is 0.857 bits per heavy atom. The third-order valence-corrected chi connectivity index (χ3v) is 5.99. The normalized spacial score (nSPS) is 12.5. The molecule has 5 nitrogen and oxygen atoms in total. The molecule has 0 radical (unpaired) electrons. The van der Waals surface area contributed by atoms with E-state index in [-0.39, 0.29) is 12.6 Å². The Morgan fingerprint density at radius 2 is 1.49 bits per heavy atom. The van der Waals surface area contributed by atoms with E-state index in [9.17, 15) is 9.90 Å². The van der Waals surface area contributed by atoms with E-state index in [0.29, 0.717) is 44.5 Å². The quantitative estimate of drug-likeness (QED) is 0.118. The molecule has 0 fully saturated rings. The maximum Gasteiger partial charge on any atom is 0.338 e. The van der Waals surface area contributed by atoms with Gasteiger partial charge in [-0.05, 0) is 44.2 Å². The van der Waals surface area contributed by atoms with Crippen molar-refractivity contribution in [1.82, 2.24) is 0 Å². The van der Waals surface area contributed by atoms with E-state index in [1.807, 2.05) is 18.2 Å². The Morgan fingerprint density at radius 3 is 2.14 bits per heavy atom. The molecule has 5 heteroatoms. The number of carbonyl (C=O) groups excluding carboxylic acids is 1. The van der Waals surface area contributed by atoms with Gasteiger partial charge in [-0.1, -0.05) is 88.8 Å². The largest absolute Gasteiger partial charge is 0.462 e. The summed E-state index contributed by atoms with van der Waals surface area (Å²) in [6.45, 7) is 3.07. The lowest BCUT2D eigenvalue weighted by Gasteiger charge is -2.18. The highest BCUT2D eigenvalue weighted by Gasteiger charge is 2.17. The van der Waals surface area contributed by atoms with Gasteiger partial charge in [-0.2, -0.15) is 0 Å². The maximum atomic E-state index is 11.9. The minimum atomic E-state index is -0.710. The van der Waals surface area contributed by atoms with Crippen molar-refractivity contribution in [3.63, 3.8) is 0 Å². The van der Waals surface area contributed by atoms with Crippen LogP contribution >= 0.6 is 0 Å². The minimum absolute atomic E-state index is 0.0442. The average Bonchev–Trinajstić information content (AvgIpc) is 2.88. The second-order valence-electron chi connectivity index (χ2n) is 9.19. The molecule has 0 aliphatic rings. The molecule has 0 aliphatic carbocycles. The van der Waals surface area contributed by atoms with Crippen molar-refractivity contribution in [2.75, 3.05) is 19.8 Å². The summed E-state index contributed by atoms with van der Waals surface area (Å²) in [6.07, 6.45) is 14.9. The van der Waals surface area contributed by atoms with Crippen molar-refractivity contribution in [3.8, 4) is 11.8 Å². The molecule has 1 aromatic rings. The fourth-order valence-corrected chi connectivity index (χ4v) is 3.81. The first kappa shape index (κ1) is 31.2. The second kappa shape index (κ2) is 22.6. The van der Waals surface area contributed by atoms with Crippen molar-refractivity contribution in [1.29, 1.82) is 0 Å². The zero-order valence-electron chi connectivity index (χ0n) is 21.9. The lowest BCUT2D eigenvalue weighted by atomic mass is 10.1. The molecule has 0 aromatic heterocycles. The van der Waals surface area contributed by atoms with Crippen LogP contribution in [0.2, 0.25) is 0 Å². The molecule has 0 aliphatic heterocycles. The minimum Gasteiger partial charge on any atom is -0.462 e. The van der Waals surface area contributed by atoms with Crippen LogP contribution in [-0.2, 0) is 9.47 Å². The number of esters is 1. The van der Waals surface area contributed by atoms with Gasteiger partial charge >= 0.3 is 5.97 Å². The molecule has 1 rings (SSSR count). The number of hydrogen-bond acceptors (Lipinski definition) is 5. The number of unbranched alkanes of at least 4 members (excludes halogenated alkanes) is 11. The fourth-order valence-electron chi connectivity index (χ4n) is 3.81. The van der Waals surface area contributed by atoms with E-state index < -0.39 is 12.2 Å². The lowest BCUT2D eigenvalue weighted by Crippen LogP contribution is -2.28. The molecule has 35 heavy (non-hydrogen) atoms. The predicted octanol–water partition coefficient (Wildman–Crippen LogP) is 6.46. The number of aliphatic hydroxyl groups excluding tert-OH is 2. The number of aliphatic hydroxyl groups is 2. The van der Waals surface area contributed by atoms with Crippen molar-refractivity contribution in [2.45, 2.75) is 115 Å². The topological polar surface area (TPSA) is 76.0 Å². The van der Waals surface area contributed by atoms with Crippen molar-refractivity contribution in [2.24, 2.45) is 0 Å². The highest BCUT2D eigenvalue weighted by atomic mass is 16.5. The number of rotatable bonds is 21. The third kappa shape index (κ3) is 17.2. The zero-order chi connectivity index (χ0) is 25.4. The van der Waals surface area contributed by atoms with Crippen LogP contribution in [0.25, 0.3) is 0 Å². The molecule has 1 aromatic carbocycles. The molecule has 0 saturated carbocycles. The molecule has 0 spiro atoms. The summed E-state index contributed by atoms with van der Waals surface area (Å²) < 4.78 is 11.1. The summed E-state index contributed by atoms with van der Waals surface area (Å²) in [6, 6.07) is 8.95. The molecular formula is C30H48O5. The van der Waals surface area contributed by atoms with Gasteiger partial charge < -0.3 is 19.7 Å². The van der Waals surface area contributed by atoms with Crippen LogP contribution in [0.3, 0.4) is 0 Å². The first-order valence-corrected chi connectivity index (χ1v) is 13.8. The van der Waals surface area contributed by atoms with Crippen LogP contribution < -0.4 is 0 Å². The summed E-state index contributed by atoms with van der Waals surface area (Å²) in [4.78, 5) is 11.9. The Hall–Kier alpha value is -1.87. The van der Waals surface area contributed by atoms with Crippen LogP contribution in [0.5, 0.6) is 0 Å². The summed E-state index contributed by atoms with van der Waals surface area (Å²) in [7, 11) is 0. The first-order chi connectivity index (χ1) is 17.2. The van der Waals surface area contributed by atoms with E-state index in [1.54, 1.807) is 12.1 Å². The number of benzene rings is 1. The molecule has 0 saturated heterocycles. The second-order valence-corrected chi connectivity index (χ2v) is 9.19. The van der Waals surface area contributed by atoms with Gasteiger partial charge in [-0.15, -0.1) is 5.92 Å². The summed E-state index contributed by atoms with van der Waals surface area (Å²) in [5, 5.41) is 19.5. The van der Waals surface area contributed by atoms with E-state index in [0.717, 1.165) is 12.8 Å². The number of hydrogen-bond donors (Lipinski definition) is 2. The first-order valence-electron chi connectivity index (χ1n) is 13.8.